The summed E-state index contributed by atoms with van der Waals surface area (Å²) < 4.78 is 11.0. The van der Waals surface area contributed by atoms with Gasteiger partial charge in [-0.15, -0.1) is 0 Å². The maximum atomic E-state index is 12.4. The molecular formula is C14H23N3O3S. The van der Waals surface area contributed by atoms with Gasteiger partial charge in [0.15, 0.2) is 5.69 Å². The summed E-state index contributed by atoms with van der Waals surface area (Å²) in [7, 11) is 0. The van der Waals surface area contributed by atoms with Crippen LogP contribution in [0.3, 0.4) is 0 Å². The lowest BCUT2D eigenvalue weighted by molar-refractivity contribution is -0.0587. The van der Waals surface area contributed by atoms with Crippen molar-refractivity contribution in [1.29, 1.82) is 0 Å². The maximum absolute atomic E-state index is 12.4. The highest BCUT2D eigenvalue weighted by Gasteiger charge is 2.28. The van der Waals surface area contributed by atoms with Gasteiger partial charge in [0, 0.05) is 13.1 Å². The van der Waals surface area contributed by atoms with Crippen molar-refractivity contribution in [3.8, 4) is 0 Å². The number of thioether (sulfide) groups is 1. The SMILES string of the molecule is CSCCC(N)c1nc(C(=O)N2CC(C)OC(C)C2)co1. The fourth-order valence-electron chi connectivity index (χ4n) is 2.43. The number of carbonyl (C=O) groups is 1. The first kappa shape index (κ1) is 16.3. The molecule has 1 aromatic heterocycles. The molecule has 1 aliphatic heterocycles. The zero-order valence-corrected chi connectivity index (χ0v) is 13.6. The van der Waals surface area contributed by atoms with Crippen LogP contribution < -0.4 is 5.73 Å². The Labute approximate surface area is 129 Å². The minimum atomic E-state index is -0.262. The molecule has 1 aliphatic rings. The van der Waals surface area contributed by atoms with Crippen LogP contribution in [0.4, 0.5) is 0 Å². The number of carbonyl (C=O) groups excluding carboxylic acids is 1. The molecule has 7 heteroatoms. The van der Waals surface area contributed by atoms with Gasteiger partial charge in [-0.1, -0.05) is 0 Å². The van der Waals surface area contributed by atoms with Crippen molar-refractivity contribution >= 4 is 17.7 Å². The number of ether oxygens (including phenoxy) is 1. The highest BCUT2D eigenvalue weighted by molar-refractivity contribution is 7.98. The first-order valence-electron chi connectivity index (χ1n) is 7.16. The summed E-state index contributed by atoms with van der Waals surface area (Å²) >= 11 is 1.72. The minimum Gasteiger partial charge on any atom is -0.446 e. The Bertz CT molecular complexity index is 470. The van der Waals surface area contributed by atoms with E-state index in [-0.39, 0.29) is 24.2 Å². The quantitative estimate of drug-likeness (QED) is 0.890. The minimum absolute atomic E-state index is 0.0351. The van der Waals surface area contributed by atoms with Crippen LogP contribution in [0, 0.1) is 0 Å². The monoisotopic (exact) mass is 313 g/mol. The second kappa shape index (κ2) is 7.29. The highest BCUT2D eigenvalue weighted by Crippen LogP contribution is 2.18. The molecule has 21 heavy (non-hydrogen) atoms. The molecule has 0 spiro atoms. The van der Waals surface area contributed by atoms with E-state index in [4.69, 9.17) is 14.9 Å². The summed E-state index contributed by atoms with van der Waals surface area (Å²) in [6.07, 6.45) is 4.28. The van der Waals surface area contributed by atoms with E-state index in [1.807, 2.05) is 20.1 Å². The molecule has 1 fully saturated rings. The first-order valence-corrected chi connectivity index (χ1v) is 8.55. The van der Waals surface area contributed by atoms with Crippen LogP contribution >= 0.6 is 11.8 Å². The molecule has 0 radical (unpaired) electrons. The Kier molecular flexibility index (Phi) is 5.66. The normalized spacial score (nSPS) is 24.1. The van der Waals surface area contributed by atoms with Gasteiger partial charge in [0.05, 0.1) is 18.2 Å². The molecule has 3 atom stereocenters. The number of amides is 1. The average molecular weight is 313 g/mol. The number of oxazole rings is 1. The molecule has 2 heterocycles. The summed E-state index contributed by atoms with van der Waals surface area (Å²) in [5.41, 5.74) is 6.33. The largest absolute Gasteiger partial charge is 0.446 e. The zero-order valence-electron chi connectivity index (χ0n) is 12.7. The van der Waals surface area contributed by atoms with Crippen LogP contribution in [0.15, 0.2) is 10.7 Å². The Hall–Kier alpha value is -1.05. The molecule has 1 saturated heterocycles. The summed E-state index contributed by atoms with van der Waals surface area (Å²) in [4.78, 5) is 18.5. The van der Waals surface area contributed by atoms with E-state index in [1.165, 1.54) is 6.26 Å². The summed E-state index contributed by atoms with van der Waals surface area (Å²) in [6, 6.07) is -0.262. The molecule has 6 nitrogen and oxygen atoms in total. The van der Waals surface area contributed by atoms with Crippen LogP contribution in [-0.2, 0) is 4.74 Å². The first-order chi connectivity index (χ1) is 10.0. The molecule has 2 rings (SSSR count). The van der Waals surface area contributed by atoms with Crippen molar-refractivity contribution in [3.63, 3.8) is 0 Å². The second-order valence-corrected chi connectivity index (χ2v) is 6.41. The third-order valence-corrected chi connectivity index (χ3v) is 4.04. The number of rotatable bonds is 5. The van der Waals surface area contributed by atoms with E-state index in [2.05, 4.69) is 4.98 Å². The van der Waals surface area contributed by atoms with Gasteiger partial charge in [-0.3, -0.25) is 4.79 Å². The van der Waals surface area contributed by atoms with Gasteiger partial charge < -0.3 is 19.8 Å². The second-order valence-electron chi connectivity index (χ2n) is 5.43. The topological polar surface area (TPSA) is 81.6 Å². The predicted octanol–water partition coefficient (Wildman–Crippen LogP) is 1.68. The molecular weight excluding hydrogens is 290 g/mol. The van der Waals surface area contributed by atoms with Crippen LogP contribution in [0.2, 0.25) is 0 Å². The molecule has 1 amide bonds. The summed E-state index contributed by atoms with van der Waals surface area (Å²) in [5, 5.41) is 0. The zero-order chi connectivity index (χ0) is 15.4. The van der Waals surface area contributed by atoms with Gasteiger partial charge in [-0.2, -0.15) is 11.8 Å². The van der Waals surface area contributed by atoms with Gasteiger partial charge in [-0.05, 0) is 32.3 Å². The lowest BCUT2D eigenvalue weighted by Crippen LogP contribution is -2.48. The summed E-state index contributed by atoms with van der Waals surface area (Å²) in [6.45, 7) is 5.07. The van der Waals surface area contributed by atoms with E-state index in [0.717, 1.165) is 12.2 Å². The smallest absolute Gasteiger partial charge is 0.275 e. The van der Waals surface area contributed by atoms with E-state index >= 15 is 0 Å². The number of nitrogens with two attached hydrogens (primary N) is 1. The Morgan fingerprint density at radius 2 is 2.19 bits per heavy atom. The number of aromatic nitrogens is 1. The molecule has 0 bridgehead atoms. The van der Waals surface area contributed by atoms with Crippen molar-refractivity contribution in [2.45, 2.75) is 38.5 Å². The van der Waals surface area contributed by atoms with E-state index in [1.54, 1.807) is 16.7 Å². The Morgan fingerprint density at radius 1 is 1.52 bits per heavy atom. The van der Waals surface area contributed by atoms with E-state index in [0.29, 0.717) is 24.7 Å². The Balaban J connectivity index is 2.01. The molecule has 0 aromatic carbocycles. The lowest BCUT2D eigenvalue weighted by atomic mass is 10.2. The van der Waals surface area contributed by atoms with Gasteiger partial charge in [-0.25, -0.2) is 4.98 Å². The van der Waals surface area contributed by atoms with Crippen LogP contribution in [0.1, 0.15) is 42.7 Å². The van der Waals surface area contributed by atoms with Crippen LogP contribution in [-0.4, -0.2) is 53.1 Å². The van der Waals surface area contributed by atoms with Crippen LogP contribution in [0.5, 0.6) is 0 Å². The number of nitrogens with zero attached hydrogens (tertiary/aromatic N) is 2. The van der Waals surface area contributed by atoms with Gasteiger partial charge >= 0.3 is 0 Å². The van der Waals surface area contributed by atoms with Gasteiger partial charge in [0.1, 0.15) is 6.26 Å². The maximum Gasteiger partial charge on any atom is 0.275 e. The average Bonchev–Trinajstić information content (AvgIpc) is 2.92. The van der Waals surface area contributed by atoms with Gasteiger partial charge in [0.25, 0.3) is 5.91 Å². The van der Waals surface area contributed by atoms with E-state index < -0.39 is 0 Å². The Morgan fingerprint density at radius 3 is 2.81 bits per heavy atom. The fraction of sp³-hybridized carbons (Fsp3) is 0.714. The molecule has 118 valence electrons. The number of hydrogen-bond donors (Lipinski definition) is 1. The van der Waals surface area contributed by atoms with Crippen molar-refractivity contribution in [3.05, 3.63) is 17.8 Å². The summed E-state index contributed by atoms with van der Waals surface area (Å²) in [5.74, 6) is 1.25. The van der Waals surface area contributed by atoms with Crippen molar-refractivity contribution < 1.29 is 13.9 Å². The van der Waals surface area contributed by atoms with Crippen LogP contribution in [0.25, 0.3) is 0 Å². The van der Waals surface area contributed by atoms with Crippen molar-refractivity contribution in [2.24, 2.45) is 5.73 Å². The molecule has 0 saturated carbocycles. The van der Waals surface area contributed by atoms with Crippen molar-refractivity contribution in [1.82, 2.24) is 9.88 Å². The lowest BCUT2D eigenvalue weighted by Gasteiger charge is -2.34. The highest BCUT2D eigenvalue weighted by atomic mass is 32.2. The third kappa shape index (κ3) is 4.21. The molecule has 1 aromatic rings. The number of morpholine rings is 1. The number of hydrogen-bond acceptors (Lipinski definition) is 6. The third-order valence-electron chi connectivity index (χ3n) is 3.40. The van der Waals surface area contributed by atoms with Crippen molar-refractivity contribution in [2.75, 3.05) is 25.1 Å². The molecule has 3 unspecified atom stereocenters. The molecule has 2 N–H and O–H groups in total. The van der Waals surface area contributed by atoms with E-state index in [9.17, 15) is 4.79 Å². The molecule has 0 aliphatic carbocycles. The predicted molar refractivity (Wildman–Crippen MR) is 82.3 cm³/mol. The standard InChI is InChI=1S/C14H23N3O3S/c1-9-6-17(7-10(2)20-9)14(18)12-8-19-13(16-12)11(15)4-5-21-3/h8-11H,4-7,15H2,1-3H3. The van der Waals surface area contributed by atoms with Gasteiger partial charge in [0.2, 0.25) is 5.89 Å². The fourth-order valence-corrected chi connectivity index (χ4v) is 2.92.